The van der Waals surface area contributed by atoms with Gasteiger partial charge < -0.3 is 49.6 Å². The van der Waals surface area contributed by atoms with Gasteiger partial charge in [-0.3, -0.25) is 4.79 Å². The molecule has 2 saturated heterocycles. The van der Waals surface area contributed by atoms with Crippen LogP contribution in [0.5, 0.6) is 5.75 Å². The van der Waals surface area contributed by atoms with Gasteiger partial charge >= 0.3 is 0 Å². The Kier molecular flexibility index (Phi) is 7.07. The van der Waals surface area contributed by atoms with Gasteiger partial charge in [0.1, 0.15) is 41.9 Å². The number of aliphatic hydroxyl groups excluding tert-OH is 5. The van der Waals surface area contributed by atoms with Gasteiger partial charge in [-0.1, -0.05) is 0 Å². The highest BCUT2D eigenvalue weighted by Gasteiger charge is 2.50. The number of ketones is 1. The second kappa shape index (κ2) is 9.22. The van der Waals surface area contributed by atoms with Gasteiger partial charge in [-0.25, -0.2) is 0 Å². The van der Waals surface area contributed by atoms with E-state index < -0.39 is 55.3 Å². The topological polar surface area (TPSA) is 175 Å². The van der Waals surface area contributed by atoms with Crippen LogP contribution in [-0.2, 0) is 14.2 Å². The van der Waals surface area contributed by atoms with Crippen molar-refractivity contribution in [1.82, 2.24) is 0 Å². The van der Waals surface area contributed by atoms with Crippen molar-refractivity contribution in [1.29, 1.82) is 0 Å². The maximum Gasteiger partial charge on any atom is 0.229 e. The summed E-state index contributed by atoms with van der Waals surface area (Å²) < 4.78 is 21.5. The van der Waals surface area contributed by atoms with Crippen molar-refractivity contribution >= 4 is 5.78 Å². The van der Waals surface area contributed by atoms with Crippen molar-refractivity contribution in [3.8, 4) is 5.75 Å². The summed E-state index contributed by atoms with van der Waals surface area (Å²) >= 11 is 0. The molecule has 0 spiro atoms. The fourth-order valence-corrected chi connectivity index (χ4v) is 3.18. The number of hydrogen-bond acceptors (Lipinski definition) is 11. The Labute approximate surface area is 172 Å². The van der Waals surface area contributed by atoms with Gasteiger partial charge in [0.2, 0.25) is 6.29 Å². The first-order valence-corrected chi connectivity index (χ1v) is 9.38. The quantitative estimate of drug-likeness (QED) is 0.253. The van der Waals surface area contributed by atoms with Crippen LogP contribution in [0.2, 0.25) is 0 Å². The molecule has 168 valence electrons. The summed E-state index contributed by atoms with van der Waals surface area (Å²) in [5.74, 6) is 0.130. The Morgan fingerprint density at radius 1 is 1.10 bits per heavy atom. The Hall–Kier alpha value is -1.67. The zero-order chi connectivity index (χ0) is 22.1. The van der Waals surface area contributed by atoms with Crippen molar-refractivity contribution in [2.45, 2.75) is 55.6 Å². The fourth-order valence-electron chi connectivity index (χ4n) is 3.18. The van der Waals surface area contributed by atoms with Gasteiger partial charge in [0.15, 0.2) is 12.1 Å². The van der Waals surface area contributed by atoms with Crippen molar-refractivity contribution in [3.05, 3.63) is 29.8 Å². The molecule has 2 aliphatic heterocycles. The molecule has 1 aromatic rings. The van der Waals surface area contributed by atoms with E-state index in [4.69, 9.17) is 24.1 Å². The number of Topliss-reactive ketones (excluding diaryl/α,β-unsaturated/α-hetero) is 1. The summed E-state index contributed by atoms with van der Waals surface area (Å²) in [4.78, 5) is 11.3. The number of carbonyl (C=O) groups is 1. The van der Waals surface area contributed by atoms with E-state index in [1.165, 1.54) is 31.2 Å². The number of rotatable bonds is 7. The van der Waals surface area contributed by atoms with E-state index in [2.05, 4.69) is 0 Å². The number of aliphatic hydroxyl groups is 6. The van der Waals surface area contributed by atoms with Crippen LogP contribution >= 0.6 is 0 Å². The lowest BCUT2D eigenvalue weighted by Crippen LogP contribution is -2.60. The van der Waals surface area contributed by atoms with Gasteiger partial charge in [-0.15, -0.1) is 0 Å². The smallest absolute Gasteiger partial charge is 0.229 e. The predicted octanol–water partition coefficient (Wildman–Crippen LogP) is -2.47. The summed E-state index contributed by atoms with van der Waals surface area (Å²) in [6.07, 6.45) is -10.1. The highest BCUT2D eigenvalue weighted by molar-refractivity contribution is 5.94. The molecule has 30 heavy (non-hydrogen) atoms. The van der Waals surface area contributed by atoms with Crippen molar-refractivity contribution in [2.75, 3.05) is 19.8 Å². The second-order valence-electron chi connectivity index (χ2n) is 7.43. The lowest BCUT2D eigenvalue weighted by molar-refractivity contribution is -0.289. The van der Waals surface area contributed by atoms with Gasteiger partial charge in [0.05, 0.1) is 19.8 Å². The molecular formula is C19H26O11. The molecule has 0 aliphatic carbocycles. The third-order valence-electron chi connectivity index (χ3n) is 5.19. The SMILES string of the molecule is CC(=O)c1ccc(OC2OC(COC3OCC(O)(CO)C3O)C(O)C(O)C2O)cc1. The molecule has 8 unspecified atom stereocenters. The molecule has 1 aromatic carbocycles. The van der Waals surface area contributed by atoms with Gasteiger partial charge in [0.25, 0.3) is 0 Å². The number of ether oxygens (including phenoxy) is 4. The number of benzene rings is 1. The summed E-state index contributed by atoms with van der Waals surface area (Å²) in [7, 11) is 0. The Morgan fingerprint density at radius 3 is 2.33 bits per heavy atom. The first kappa shape index (κ1) is 23.0. The van der Waals surface area contributed by atoms with E-state index in [9.17, 15) is 30.3 Å². The minimum Gasteiger partial charge on any atom is -0.462 e. The molecule has 3 rings (SSSR count). The molecule has 8 atom stereocenters. The predicted molar refractivity (Wildman–Crippen MR) is 97.5 cm³/mol. The maximum atomic E-state index is 11.3. The monoisotopic (exact) mass is 430 g/mol. The van der Waals surface area contributed by atoms with E-state index in [0.29, 0.717) is 5.56 Å². The van der Waals surface area contributed by atoms with Crippen LogP contribution in [0.1, 0.15) is 17.3 Å². The van der Waals surface area contributed by atoms with Crippen molar-refractivity contribution < 1.29 is 54.4 Å². The summed E-state index contributed by atoms with van der Waals surface area (Å²) in [6, 6.07) is 6.04. The largest absolute Gasteiger partial charge is 0.462 e. The third-order valence-corrected chi connectivity index (χ3v) is 5.19. The van der Waals surface area contributed by atoms with E-state index in [0.717, 1.165) is 0 Å². The Balaban J connectivity index is 1.62. The minimum atomic E-state index is -1.87. The van der Waals surface area contributed by atoms with Crippen LogP contribution in [0.15, 0.2) is 24.3 Å². The molecule has 0 amide bonds. The van der Waals surface area contributed by atoms with E-state index in [-0.39, 0.29) is 24.7 Å². The number of hydrogen-bond donors (Lipinski definition) is 6. The first-order chi connectivity index (χ1) is 14.2. The van der Waals surface area contributed by atoms with Crippen molar-refractivity contribution in [2.24, 2.45) is 0 Å². The van der Waals surface area contributed by atoms with Crippen LogP contribution in [0, 0.1) is 0 Å². The average Bonchev–Trinajstić information content (AvgIpc) is 3.02. The second-order valence-corrected chi connectivity index (χ2v) is 7.43. The lowest BCUT2D eigenvalue weighted by atomic mass is 9.99. The van der Waals surface area contributed by atoms with Crippen molar-refractivity contribution in [3.63, 3.8) is 0 Å². The Morgan fingerprint density at radius 2 is 1.77 bits per heavy atom. The highest BCUT2D eigenvalue weighted by atomic mass is 16.7. The fraction of sp³-hybridized carbons (Fsp3) is 0.632. The Bertz CT molecular complexity index is 726. The molecule has 2 fully saturated rings. The first-order valence-electron chi connectivity index (χ1n) is 9.38. The van der Waals surface area contributed by atoms with Crippen LogP contribution < -0.4 is 4.74 Å². The average molecular weight is 430 g/mol. The third kappa shape index (κ3) is 4.64. The van der Waals surface area contributed by atoms with E-state index in [1.54, 1.807) is 0 Å². The normalized spacial score (nSPS) is 39.1. The molecule has 0 radical (unpaired) electrons. The van der Waals surface area contributed by atoms with Crippen LogP contribution in [-0.4, -0.2) is 105 Å². The molecule has 11 heteroatoms. The zero-order valence-corrected chi connectivity index (χ0v) is 16.2. The molecule has 6 N–H and O–H groups in total. The lowest BCUT2D eigenvalue weighted by Gasteiger charge is -2.40. The molecule has 0 aromatic heterocycles. The maximum absolute atomic E-state index is 11.3. The van der Waals surface area contributed by atoms with Gasteiger partial charge in [0, 0.05) is 5.56 Å². The molecule has 2 aliphatic rings. The van der Waals surface area contributed by atoms with E-state index in [1.807, 2.05) is 0 Å². The molecule has 0 bridgehead atoms. The summed E-state index contributed by atoms with van der Waals surface area (Å²) in [5, 5.41) is 59.6. The van der Waals surface area contributed by atoms with Crippen LogP contribution in [0.3, 0.4) is 0 Å². The van der Waals surface area contributed by atoms with Crippen LogP contribution in [0.4, 0.5) is 0 Å². The highest BCUT2D eigenvalue weighted by Crippen LogP contribution is 2.28. The zero-order valence-electron chi connectivity index (χ0n) is 16.2. The number of carbonyl (C=O) groups excluding carboxylic acids is 1. The van der Waals surface area contributed by atoms with E-state index >= 15 is 0 Å². The van der Waals surface area contributed by atoms with Gasteiger partial charge in [-0.05, 0) is 31.2 Å². The molecule has 2 heterocycles. The summed E-state index contributed by atoms with van der Waals surface area (Å²) in [5.41, 5.74) is -1.41. The molecular weight excluding hydrogens is 404 g/mol. The minimum absolute atomic E-state index is 0.129. The molecule has 0 saturated carbocycles. The molecule has 11 nitrogen and oxygen atoms in total. The summed E-state index contributed by atoms with van der Waals surface area (Å²) in [6.45, 7) is -0.0531. The standard InChI is InChI=1S/C19H26O11/c1-9(21)10-2-4-11(5-3-10)29-17-15(24)14(23)13(22)12(30-17)6-27-18-16(25)19(26,7-20)8-28-18/h2-5,12-18,20,22-26H,6-8H2,1H3. The van der Waals surface area contributed by atoms with Crippen LogP contribution in [0.25, 0.3) is 0 Å². The van der Waals surface area contributed by atoms with Gasteiger partial charge in [-0.2, -0.15) is 0 Å².